The van der Waals surface area contributed by atoms with Gasteiger partial charge in [0.05, 0.1) is 32.2 Å². The van der Waals surface area contributed by atoms with E-state index in [0.29, 0.717) is 19.4 Å². The van der Waals surface area contributed by atoms with Crippen molar-refractivity contribution in [1.82, 2.24) is 0 Å². The molecule has 7 heteroatoms. The molecule has 0 aliphatic heterocycles. The first-order chi connectivity index (χ1) is 9.88. The van der Waals surface area contributed by atoms with Gasteiger partial charge in [0, 0.05) is 9.37 Å². The molecule has 0 fully saturated rings. The van der Waals surface area contributed by atoms with E-state index >= 15 is 0 Å². The largest absolute Gasteiger partial charge is 0.478 e. The van der Waals surface area contributed by atoms with Gasteiger partial charge in [0.1, 0.15) is 0 Å². The van der Waals surface area contributed by atoms with E-state index in [9.17, 15) is 9.00 Å². The molecule has 2 aromatic carbocycles. The maximum atomic E-state index is 12.3. The molecule has 1 N–H and O–H groups in total. The van der Waals surface area contributed by atoms with Crippen LogP contribution in [0, 0.1) is 0 Å². The number of halogens is 3. The number of hydrogen-bond donors (Lipinski definition) is 1. The number of aromatic carboxylic acids is 1. The molecule has 0 bridgehead atoms. The van der Waals surface area contributed by atoms with Gasteiger partial charge in [-0.25, -0.2) is 4.79 Å². The van der Waals surface area contributed by atoms with Crippen molar-refractivity contribution < 1.29 is 14.1 Å². The lowest BCUT2D eigenvalue weighted by atomic mass is 10.2. The van der Waals surface area contributed by atoms with E-state index in [1.54, 1.807) is 30.3 Å². The van der Waals surface area contributed by atoms with Crippen LogP contribution in [-0.2, 0) is 16.6 Å². The van der Waals surface area contributed by atoms with E-state index in [1.807, 2.05) is 0 Å². The summed E-state index contributed by atoms with van der Waals surface area (Å²) in [5, 5.41) is 9.90. The third-order valence-electron chi connectivity index (χ3n) is 2.71. The van der Waals surface area contributed by atoms with Crippen LogP contribution in [0.25, 0.3) is 0 Å². The van der Waals surface area contributed by atoms with Gasteiger partial charge in [-0.1, -0.05) is 29.3 Å². The zero-order valence-corrected chi connectivity index (χ0v) is 14.4. The highest BCUT2D eigenvalue weighted by Gasteiger charge is 2.13. The Hall–Kier alpha value is -0.880. The molecule has 0 heterocycles. The van der Waals surface area contributed by atoms with Crippen molar-refractivity contribution in [2.45, 2.75) is 10.6 Å². The lowest BCUT2D eigenvalue weighted by Crippen LogP contribution is -2.02. The Morgan fingerprint density at radius 3 is 2.48 bits per heavy atom. The first kappa shape index (κ1) is 16.5. The van der Waals surface area contributed by atoms with Gasteiger partial charge in [0.25, 0.3) is 0 Å². The SMILES string of the molecule is O=C(O)c1cc(S(=O)Cc2ccc(Cl)c(Cl)c2)ccc1Br. The van der Waals surface area contributed by atoms with Crippen LogP contribution in [0.3, 0.4) is 0 Å². The van der Waals surface area contributed by atoms with Crippen molar-refractivity contribution in [2.75, 3.05) is 0 Å². The van der Waals surface area contributed by atoms with E-state index < -0.39 is 16.8 Å². The van der Waals surface area contributed by atoms with Gasteiger partial charge >= 0.3 is 5.97 Å². The van der Waals surface area contributed by atoms with Crippen LogP contribution in [0.5, 0.6) is 0 Å². The maximum absolute atomic E-state index is 12.3. The van der Waals surface area contributed by atoms with E-state index in [-0.39, 0.29) is 11.3 Å². The fraction of sp³-hybridized carbons (Fsp3) is 0.0714. The highest BCUT2D eigenvalue weighted by Crippen LogP contribution is 2.25. The predicted molar refractivity (Wildman–Crippen MR) is 87.7 cm³/mol. The zero-order chi connectivity index (χ0) is 15.6. The second kappa shape index (κ2) is 6.92. The Kier molecular flexibility index (Phi) is 5.43. The van der Waals surface area contributed by atoms with Crippen molar-refractivity contribution >= 4 is 55.9 Å². The lowest BCUT2D eigenvalue weighted by molar-refractivity contribution is 0.0695. The number of carboxylic acid groups (broad SMARTS) is 1. The van der Waals surface area contributed by atoms with Crippen molar-refractivity contribution in [3.8, 4) is 0 Å². The van der Waals surface area contributed by atoms with Gasteiger partial charge in [-0.2, -0.15) is 0 Å². The summed E-state index contributed by atoms with van der Waals surface area (Å²) in [7, 11) is -1.37. The summed E-state index contributed by atoms with van der Waals surface area (Å²) in [4.78, 5) is 11.5. The maximum Gasteiger partial charge on any atom is 0.336 e. The number of rotatable bonds is 4. The first-order valence-corrected chi connectivity index (χ1v) is 8.60. The normalized spacial score (nSPS) is 12.1. The van der Waals surface area contributed by atoms with Crippen LogP contribution in [0.4, 0.5) is 0 Å². The molecule has 2 rings (SSSR count). The number of benzene rings is 2. The highest BCUT2D eigenvalue weighted by molar-refractivity contribution is 9.10. The first-order valence-electron chi connectivity index (χ1n) is 5.73. The summed E-state index contributed by atoms with van der Waals surface area (Å²) in [5.74, 6) is -0.840. The molecule has 2 aromatic rings. The molecule has 1 unspecified atom stereocenters. The number of carbonyl (C=O) groups is 1. The summed E-state index contributed by atoms with van der Waals surface area (Å²) in [5.41, 5.74) is 0.845. The Morgan fingerprint density at radius 1 is 1.14 bits per heavy atom. The number of hydrogen-bond acceptors (Lipinski definition) is 2. The monoisotopic (exact) mass is 406 g/mol. The molecule has 0 amide bonds. The molecule has 0 saturated heterocycles. The fourth-order valence-corrected chi connectivity index (χ4v) is 3.53. The minimum atomic E-state index is -1.37. The van der Waals surface area contributed by atoms with Crippen molar-refractivity contribution in [1.29, 1.82) is 0 Å². The molecule has 0 saturated carbocycles. The van der Waals surface area contributed by atoms with Crippen LogP contribution in [0.2, 0.25) is 10.0 Å². The minimum Gasteiger partial charge on any atom is -0.478 e. The van der Waals surface area contributed by atoms with Crippen LogP contribution < -0.4 is 0 Å². The summed E-state index contributed by atoms with van der Waals surface area (Å²) >= 11 is 14.9. The van der Waals surface area contributed by atoms with Crippen LogP contribution >= 0.6 is 39.1 Å². The van der Waals surface area contributed by atoms with Crippen molar-refractivity contribution in [2.24, 2.45) is 0 Å². The highest BCUT2D eigenvalue weighted by atomic mass is 79.9. The number of carboxylic acids is 1. The molecule has 1 atom stereocenters. The van der Waals surface area contributed by atoms with Crippen molar-refractivity contribution in [3.05, 3.63) is 62.0 Å². The van der Waals surface area contributed by atoms with Gasteiger partial charge in [0.15, 0.2) is 0 Å². The summed E-state index contributed by atoms with van der Waals surface area (Å²) in [6.07, 6.45) is 0. The molecular formula is C14H9BrCl2O3S. The summed E-state index contributed by atoms with van der Waals surface area (Å²) < 4.78 is 12.8. The van der Waals surface area contributed by atoms with E-state index in [4.69, 9.17) is 28.3 Å². The third kappa shape index (κ3) is 4.07. The Morgan fingerprint density at radius 2 is 1.86 bits per heavy atom. The third-order valence-corrected chi connectivity index (χ3v) is 5.52. The molecule has 3 nitrogen and oxygen atoms in total. The molecule has 21 heavy (non-hydrogen) atoms. The second-order valence-electron chi connectivity index (χ2n) is 4.19. The molecule has 0 radical (unpaired) electrons. The van der Waals surface area contributed by atoms with Gasteiger partial charge < -0.3 is 5.11 Å². The quantitative estimate of drug-likeness (QED) is 0.794. The topological polar surface area (TPSA) is 54.4 Å². The van der Waals surface area contributed by atoms with Crippen LogP contribution in [0.1, 0.15) is 15.9 Å². The molecule has 0 aliphatic carbocycles. The van der Waals surface area contributed by atoms with Gasteiger partial charge in [-0.15, -0.1) is 0 Å². The molecular weight excluding hydrogens is 399 g/mol. The summed E-state index contributed by atoms with van der Waals surface area (Å²) in [6, 6.07) is 9.64. The Balaban J connectivity index is 2.26. The molecule has 0 aliphatic rings. The average Bonchev–Trinajstić information content (AvgIpc) is 2.43. The second-order valence-corrected chi connectivity index (χ2v) is 7.30. The Bertz CT molecular complexity index is 734. The van der Waals surface area contributed by atoms with Crippen molar-refractivity contribution in [3.63, 3.8) is 0 Å². The van der Waals surface area contributed by atoms with E-state index in [1.165, 1.54) is 6.07 Å². The van der Waals surface area contributed by atoms with E-state index in [0.717, 1.165) is 5.56 Å². The molecule has 0 aromatic heterocycles. The van der Waals surface area contributed by atoms with E-state index in [2.05, 4.69) is 15.9 Å². The molecule has 110 valence electrons. The van der Waals surface area contributed by atoms with Gasteiger partial charge in [-0.3, -0.25) is 4.21 Å². The smallest absolute Gasteiger partial charge is 0.336 e. The Labute approximate surface area is 142 Å². The van der Waals surface area contributed by atoms with Gasteiger partial charge in [0.2, 0.25) is 0 Å². The predicted octanol–water partition coefficient (Wildman–Crippen LogP) is 4.76. The minimum absolute atomic E-state index is 0.0787. The standard InChI is InChI=1S/C14H9BrCl2O3S/c15-11-3-2-9(6-10(11)14(18)19)21(20)7-8-1-4-12(16)13(17)5-8/h1-6H,7H2,(H,18,19). The van der Waals surface area contributed by atoms with Crippen LogP contribution in [0.15, 0.2) is 45.8 Å². The fourth-order valence-electron chi connectivity index (χ4n) is 1.67. The average molecular weight is 408 g/mol. The molecule has 0 spiro atoms. The summed E-state index contributed by atoms with van der Waals surface area (Å²) in [6.45, 7) is 0. The van der Waals surface area contributed by atoms with Crippen LogP contribution in [-0.4, -0.2) is 15.3 Å². The van der Waals surface area contributed by atoms with Gasteiger partial charge in [-0.05, 0) is 51.8 Å². The zero-order valence-electron chi connectivity index (χ0n) is 10.5. The lowest BCUT2D eigenvalue weighted by Gasteiger charge is -2.06.